The Labute approximate surface area is 176 Å². The Morgan fingerprint density at radius 1 is 1.14 bits per heavy atom. The van der Waals surface area contributed by atoms with E-state index in [0.717, 1.165) is 37.1 Å². The second-order valence-corrected chi connectivity index (χ2v) is 11.2. The molecule has 152 valence electrons. The van der Waals surface area contributed by atoms with Crippen molar-refractivity contribution in [2.75, 3.05) is 0 Å². The van der Waals surface area contributed by atoms with Gasteiger partial charge in [0.25, 0.3) is 5.91 Å². The summed E-state index contributed by atoms with van der Waals surface area (Å²) >= 11 is 7.89. The molecule has 28 heavy (non-hydrogen) atoms. The molecule has 0 saturated heterocycles. The zero-order valence-corrected chi connectivity index (χ0v) is 17.8. The first kappa shape index (κ1) is 19.2. The van der Waals surface area contributed by atoms with E-state index in [9.17, 15) is 9.90 Å². The highest BCUT2D eigenvalue weighted by atomic mass is 35.5. The summed E-state index contributed by atoms with van der Waals surface area (Å²) in [5.41, 5.74) is 0.189. The molecule has 0 radical (unpaired) electrons. The Morgan fingerprint density at radius 2 is 1.86 bits per heavy atom. The van der Waals surface area contributed by atoms with Gasteiger partial charge in [0.1, 0.15) is 10.2 Å². The maximum atomic E-state index is 13.2. The number of carbonyl (C=O) groups excluding carboxylic acids is 1. The molecule has 6 rings (SSSR count). The summed E-state index contributed by atoms with van der Waals surface area (Å²) in [5.74, 6) is 1.45. The highest BCUT2D eigenvalue weighted by Crippen LogP contribution is 2.55. The van der Waals surface area contributed by atoms with Crippen molar-refractivity contribution < 1.29 is 9.90 Å². The molecule has 5 aliphatic rings. The molecule has 0 aliphatic heterocycles. The van der Waals surface area contributed by atoms with Gasteiger partial charge in [-0.05, 0) is 74.8 Å². The number of rotatable bonds is 4. The average molecular weight is 421 g/mol. The van der Waals surface area contributed by atoms with Crippen LogP contribution in [0.25, 0.3) is 0 Å². The first-order chi connectivity index (χ1) is 13.5. The Morgan fingerprint density at radius 3 is 2.54 bits per heavy atom. The molecule has 5 fully saturated rings. The first-order valence-electron chi connectivity index (χ1n) is 10.9. The highest BCUT2D eigenvalue weighted by Gasteiger charge is 2.55. The maximum Gasteiger partial charge on any atom is 0.254 e. The van der Waals surface area contributed by atoms with Crippen molar-refractivity contribution in [3.8, 4) is 0 Å². The van der Waals surface area contributed by atoms with E-state index in [1.165, 1.54) is 32.1 Å². The Kier molecular flexibility index (Phi) is 5.13. The highest BCUT2D eigenvalue weighted by molar-refractivity contribution is 7.99. The summed E-state index contributed by atoms with van der Waals surface area (Å²) in [6.07, 6.45) is 11.1. The normalized spacial score (nSPS) is 37.2. The molecule has 4 bridgehead atoms. The largest absolute Gasteiger partial charge is 0.390 e. The summed E-state index contributed by atoms with van der Waals surface area (Å²) in [7, 11) is 0. The molecular weight excluding hydrogens is 392 g/mol. The number of aliphatic hydroxyl groups is 1. The molecule has 5 saturated carbocycles. The predicted octanol–water partition coefficient (Wildman–Crippen LogP) is 4.83. The van der Waals surface area contributed by atoms with Gasteiger partial charge < -0.3 is 10.4 Å². The van der Waals surface area contributed by atoms with Crippen LogP contribution in [0, 0.1) is 17.8 Å². The third-order valence-electron chi connectivity index (χ3n) is 7.44. The van der Waals surface area contributed by atoms with Crippen molar-refractivity contribution >= 4 is 29.3 Å². The van der Waals surface area contributed by atoms with Crippen molar-refractivity contribution in [2.45, 2.75) is 86.1 Å². The van der Waals surface area contributed by atoms with E-state index in [1.54, 1.807) is 17.8 Å². The second kappa shape index (κ2) is 7.48. The van der Waals surface area contributed by atoms with Gasteiger partial charge in [0.05, 0.1) is 11.2 Å². The van der Waals surface area contributed by atoms with Gasteiger partial charge >= 0.3 is 0 Å². The van der Waals surface area contributed by atoms with Gasteiger partial charge in [-0.1, -0.05) is 30.9 Å². The zero-order valence-electron chi connectivity index (χ0n) is 16.2. The average Bonchev–Trinajstić information content (AvgIpc) is 2.64. The Balaban J connectivity index is 1.33. The number of amides is 1. The summed E-state index contributed by atoms with van der Waals surface area (Å²) in [6, 6.07) is 3.74. The summed E-state index contributed by atoms with van der Waals surface area (Å²) in [6.45, 7) is 0. The van der Waals surface area contributed by atoms with E-state index in [1.807, 2.05) is 6.07 Å². The molecule has 2 atom stereocenters. The number of nitrogens with one attached hydrogen (secondary N) is 1. The fraction of sp³-hybridized carbons (Fsp3) is 0.727. The van der Waals surface area contributed by atoms with Gasteiger partial charge in [-0.15, -0.1) is 11.8 Å². The molecule has 1 aromatic rings. The molecule has 4 nitrogen and oxygen atoms in total. The minimum absolute atomic E-state index is 0.0214. The van der Waals surface area contributed by atoms with Crippen molar-refractivity contribution in [3.63, 3.8) is 0 Å². The van der Waals surface area contributed by atoms with E-state index >= 15 is 0 Å². The molecule has 1 heterocycles. The molecule has 5 aliphatic carbocycles. The first-order valence-corrected chi connectivity index (χ1v) is 12.1. The van der Waals surface area contributed by atoms with Crippen molar-refractivity contribution in [2.24, 2.45) is 17.8 Å². The number of pyridine rings is 1. The number of nitrogens with zero attached hydrogens (tertiary/aromatic N) is 1. The molecule has 0 spiro atoms. The van der Waals surface area contributed by atoms with Gasteiger partial charge in [-0.3, -0.25) is 4.79 Å². The Hall–Kier alpha value is -0.780. The van der Waals surface area contributed by atoms with E-state index in [0.29, 0.717) is 33.7 Å². The lowest BCUT2D eigenvalue weighted by atomic mass is 9.52. The number of thioether (sulfide) groups is 1. The summed E-state index contributed by atoms with van der Waals surface area (Å²) < 4.78 is 0. The summed E-state index contributed by atoms with van der Waals surface area (Å²) in [5, 5.41) is 15.9. The topological polar surface area (TPSA) is 62.2 Å². The van der Waals surface area contributed by atoms with Crippen molar-refractivity contribution in [1.29, 1.82) is 0 Å². The van der Waals surface area contributed by atoms with Crippen molar-refractivity contribution in [1.82, 2.24) is 10.3 Å². The van der Waals surface area contributed by atoms with Crippen LogP contribution in [0.15, 0.2) is 17.2 Å². The molecule has 2 unspecified atom stereocenters. The number of aromatic nitrogens is 1. The fourth-order valence-corrected chi connectivity index (χ4v) is 7.99. The number of halogens is 1. The van der Waals surface area contributed by atoms with E-state index < -0.39 is 5.60 Å². The maximum absolute atomic E-state index is 13.2. The van der Waals surface area contributed by atoms with Gasteiger partial charge in [-0.2, -0.15) is 0 Å². The van der Waals surface area contributed by atoms with Gasteiger partial charge in [-0.25, -0.2) is 4.98 Å². The zero-order chi connectivity index (χ0) is 19.3. The van der Waals surface area contributed by atoms with Crippen LogP contribution < -0.4 is 5.32 Å². The van der Waals surface area contributed by atoms with Crippen molar-refractivity contribution in [3.05, 3.63) is 22.8 Å². The lowest BCUT2D eigenvalue weighted by Crippen LogP contribution is -2.61. The molecular formula is C22H29ClN2O2S. The SMILES string of the molecule is O=C(N[C@H]1C2CC3CC1C[C@](O)(C3)C2)c1ccc(Cl)nc1SC1CCCCC1. The third-order valence-corrected chi connectivity index (χ3v) is 8.99. The van der Waals surface area contributed by atoms with Gasteiger partial charge in [0.2, 0.25) is 0 Å². The van der Waals surface area contributed by atoms with E-state index in [-0.39, 0.29) is 11.9 Å². The molecule has 0 aromatic carbocycles. The summed E-state index contributed by atoms with van der Waals surface area (Å²) in [4.78, 5) is 17.7. The Bertz CT molecular complexity index is 751. The lowest BCUT2D eigenvalue weighted by molar-refractivity contribution is -0.136. The van der Waals surface area contributed by atoms with Crippen LogP contribution in [0.1, 0.15) is 74.6 Å². The molecule has 1 amide bonds. The van der Waals surface area contributed by atoms with Gasteiger partial charge in [0.15, 0.2) is 0 Å². The van der Waals surface area contributed by atoms with E-state index in [2.05, 4.69) is 10.3 Å². The van der Waals surface area contributed by atoms with Crippen LogP contribution in [-0.4, -0.2) is 32.9 Å². The lowest BCUT2D eigenvalue weighted by Gasteiger charge is -2.58. The minimum atomic E-state index is -0.471. The standard InChI is InChI=1S/C22H29ClN2O2S/c23-18-7-6-17(21(24-18)28-16-4-2-1-3-5-16)20(26)25-19-14-8-13-9-15(19)12-22(27,10-13)11-14/h6-7,13-16,19,27H,1-5,8-12H2,(H,25,26)/t13?,14?,15?,19-,22-. The van der Waals surface area contributed by atoms with Crippen LogP contribution >= 0.6 is 23.4 Å². The van der Waals surface area contributed by atoms with Crippen LogP contribution in [0.3, 0.4) is 0 Å². The molecule has 1 aromatic heterocycles. The number of carbonyl (C=O) groups is 1. The number of hydrogen-bond donors (Lipinski definition) is 2. The number of hydrogen-bond acceptors (Lipinski definition) is 4. The smallest absolute Gasteiger partial charge is 0.254 e. The quantitative estimate of drug-likeness (QED) is 0.685. The molecule has 2 N–H and O–H groups in total. The van der Waals surface area contributed by atoms with Gasteiger partial charge in [0, 0.05) is 11.3 Å². The fourth-order valence-electron chi connectivity index (χ4n) is 6.47. The van der Waals surface area contributed by atoms with Crippen LogP contribution in [-0.2, 0) is 0 Å². The second-order valence-electron chi connectivity index (χ2n) is 9.56. The van der Waals surface area contributed by atoms with E-state index in [4.69, 9.17) is 11.6 Å². The van der Waals surface area contributed by atoms with Crippen LogP contribution in [0.4, 0.5) is 0 Å². The minimum Gasteiger partial charge on any atom is -0.390 e. The predicted molar refractivity (Wildman–Crippen MR) is 112 cm³/mol. The van der Waals surface area contributed by atoms with Crippen LogP contribution in [0.2, 0.25) is 5.15 Å². The molecule has 6 heteroatoms. The van der Waals surface area contributed by atoms with Crippen LogP contribution in [0.5, 0.6) is 0 Å². The third kappa shape index (κ3) is 3.70. The monoisotopic (exact) mass is 420 g/mol.